The molecule has 0 aromatic rings. The zero-order valence-electron chi connectivity index (χ0n) is 6.25. The molecule has 1 saturated heterocycles. The summed E-state index contributed by atoms with van der Waals surface area (Å²) in [4.78, 5) is 12.5. The van der Waals surface area contributed by atoms with Crippen LogP contribution in [0.3, 0.4) is 0 Å². The molecule has 1 fully saturated rings. The Hall–Kier alpha value is -0.640. The average molecular weight is 171 g/mol. The number of hydrogen-bond donors (Lipinski definition) is 1. The molecule has 2 N–H and O–H groups in total. The summed E-state index contributed by atoms with van der Waals surface area (Å²) in [6.45, 7) is 0.817. The molecule has 1 aliphatic heterocycles. The van der Waals surface area contributed by atoms with Gasteiger partial charge in [-0.1, -0.05) is 12.2 Å². The SMILES string of the molecule is NC(=O)C1CCCCN1[C]=S. The predicted octanol–water partition coefficient (Wildman–Crippen LogP) is 0.160. The molecule has 1 unspecified atom stereocenters. The fraction of sp³-hybridized carbons (Fsp3) is 0.714. The van der Waals surface area contributed by atoms with Gasteiger partial charge in [-0.15, -0.1) is 0 Å². The Morgan fingerprint density at radius 2 is 2.36 bits per heavy atom. The van der Waals surface area contributed by atoms with Gasteiger partial charge < -0.3 is 10.6 Å². The van der Waals surface area contributed by atoms with Gasteiger partial charge in [-0.3, -0.25) is 4.79 Å². The molecule has 1 heterocycles. The first-order valence-corrected chi connectivity index (χ1v) is 4.10. The van der Waals surface area contributed by atoms with Crippen LogP contribution in [-0.4, -0.2) is 28.9 Å². The first kappa shape index (κ1) is 8.46. The molecule has 1 aliphatic rings. The van der Waals surface area contributed by atoms with E-state index in [4.69, 9.17) is 5.73 Å². The van der Waals surface area contributed by atoms with Crippen molar-refractivity contribution in [1.82, 2.24) is 4.90 Å². The van der Waals surface area contributed by atoms with Gasteiger partial charge in [-0.05, 0) is 19.3 Å². The molecule has 4 heteroatoms. The molecular weight excluding hydrogens is 160 g/mol. The van der Waals surface area contributed by atoms with Crippen LogP contribution in [-0.2, 0) is 4.79 Å². The monoisotopic (exact) mass is 171 g/mol. The number of nitrogens with two attached hydrogens (primary N) is 1. The van der Waals surface area contributed by atoms with Crippen LogP contribution >= 0.6 is 12.2 Å². The molecule has 1 radical (unpaired) electrons. The smallest absolute Gasteiger partial charge is 0.240 e. The third-order valence-electron chi connectivity index (χ3n) is 1.95. The molecule has 11 heavy (non-hydrogen) atoms. The number of rotatable bonds is 2. The fourth-order valence-corrected chi connectivity index (χ4v) is 1.56. The summed E-state index contributed by atoms with van der Waals surface area (Å²) < 4.78 is 0. The lowest BCUT2D eigenvalue weighted by atomic mass is 10.0. The summed E-state index contributed by atoms with van der Waals surface area (Å²) in [7, 11) is 0. The summed E-state index contributed by atoms with van der Waals surface area (Å²) in [6, 6.07) is -0.207. The first-order valence-electron chi connectivity index (χ1n) is 3.69. The predicted molar refractivity (Wildman–Crippen MR) is 46.1 cm³/mol. The third kappa shape index (κ3) is 1.89. The number of piperidine rings is 1. The first-order chi connectivity index (χ1) is 5.25. The Morgan fingerprint density at radius 1 is 1.64 bits per heavy atom. The van der Waals surface area contributed by atoms with E-state index in [-0.39, 0.29) is 11.9 Å². The second-order valence-electron chi connectivity index (χ2n) is 2.70. The molecule has 0 aromatic heterocycles. The molecule has 0 saturated carbocycles. The number of likely N-dealkylation sites (tertiary alicyclic amines) is 1. The van der Waals surface area contributed by atoms with E-state index in [9.17, 15) is 4.79 Å². The maximum Gasteiger partial charge on any atom is 0.240 e. The van der Waals surface area contributed by atoms with Crippen molar-refractivity contribution >= 4 is 23.6 Å². The Labute approximate surface area is 71.5 Å². The van der Waals surface area contributed by atoms with Crippen LogP contribution in [0.25, 0.3) is 0 Å². The standard InChI is InChI=1S/C7H11N2OS/c8-7(10)6-3-1-2-4-9(6)5-11/h6H,1-4H2,(H2,8,10). The summed E-state index contributed by atoms with van der Waals surface area (Å²) in [5.74, 6) is -0.290. The highest BCUT2D eigenvalue weighted by Gasteiger charge is 2.24. The molecule has 1 atom stereocenters. The van der Waals surface area contributed by atoms with Crippen molar-refractivity contribution in [1.29, 1.82) is 0 Å². The number of nitrogens with zero attached hydrogens (tertiary/aromatic N) is 1. The summed E-state index contributed by atoms with van der Waals surface area (Å²) in [5, 5.41) is 0. The van der Waals surface area contributed by atoms with Gasteiger partial charge in [0.1, 0.15) is 11.5 Å². The minimum Gasteiger partial charge on any atom is -0.368 e. The number of hydrogen-bond acceptors (Lipinski definition) is 2. The van der Waals surface area contributed by atoms with Crippen LogP contribution < -0.4 is 5.73 Å². The zero-order chi connectivity index (χ0) is 8.27. The summed E-state index contributed by atoms with van der Waals surface area (Å²) >= 11 is 4.64. The Morgan fingerprint density at radius 3 is 2.82 bits per heavy atom. The Bertz CT molecular complexity index is 172. The molecule has 0 spiro atoms. The summed E-state index contributed by atoms with van der Waals surface area (Å²) in [5.41, 5.74) is 7.72. The van der Waals surface area contributed by atoms with Crippen molar-refractivity contribution in [3.8, 4) is 0 Å². The molecule has 61 valence electrons. The van der Waals surface area contributed by atoms with Gasteiger partial charge in [0.05, 0.1) is 0 Å². The van der Waals surface area contributed by atoms with Gasteiger partial charge >= 0.3 is 0 Å². The summed E-state index contributed by atoms with van der Waals surface area (Å²) in [6.07, 6.45) is 2.95. The van der Waals surface area contributed by atoms with Gasteiger partial charge in [0.25, 0.3) is 0 Å². The van der Waals surface area contributed by atoms with Crippen molar-refractivity contribution in [2.45, 2.75) is 25.3 Å². The number of primary amides is 1. The number of carbonyl (C=O) groups is 1. The van der Waals surface area contributed by atoms with E-state index in [0.29, 0.717) is 0 Å². The van der Waals surface area contributed by atoms with E-state index in [1.165, 1.54) is 0 Å². The number of amides is 1. The molecule has 3 nitrogen and oxygen atoms in total. The zero-order valence-corrected chi connectivity index (χ0v) is 7.06. The van der Waals surface area contributed by atoms with E-state index >= 15 is 0 Å². The van der Waals surface area contributed by atoms with Gasteiger partial charge in [0.15, 0.2) is 0 Å². The van der Waals surface area contributed by atoms with Crippen LogP contribution in [0, 0.1) is 0 Å². The lowest BCUT2D eigenvalue weighted by Gasteiger charge is -2.30. The van der Waals surface area contributed by atoms with Crippen molar-refractivity contribution < 1.29 is 4.79 Å². The largest absolute Gasteiger partial charge is 0.368 e. The van der Waals surface area contributed by atoms with Crippen LogP contribution in [0.2, 0.25) is 0 Å². The Kier molecular flexibility index (Phi) is 2.82. The highest BCUT2D eigenvalue weighted by Crippen LogP contribution is 2.14. The van der Waals surface area contributed by atoms with Crippen LogP contribution in [0.5, 0.6) is 0 Å². The fourth-order valence-electron chi connectivity index (χ4n) is 1.34. The van der Waals surface area contributed by atoms with Gasteiger partial charge in [-0.2, -0.15) is 0 Å². The maximum absolute atomic E-state index is 10.8. The molecule has 0 aliphatic carbocycles. The van der Waals surface area contributed by atoms with Crippen molar-refractivity contribution in [3.63, 3.8) is 0 Å². The van der Waals surface area contributed by atoms with Gasteiger partial charge in [-0.25, -0.2) is 0 Å². The topological polar surface area (TPSA) is 46.3 Å². The minimum atomic E-state index is -0.290. The average Bonchev–Trinajstić information content (AvgIpc) is 2.04. The Balaban J connectivity index is 2.58. The van der Waals surface area contributed by atoms with Crippen molar-refractivity contribution in [3.05, 3.63) is 0 Å². The second-order valence-corrected chi connectivity index (χ2v) is 2.88. The van der Waals surface area contributed by atoms with E-state index < -0.39 is 0 Å². The second kappa shape index (κ2) is 3.67. The lowest BCUT2D eigenvalue weighted by molar-refractivity contribution is -0.122. The van der Waals surface area contributed by atoms with E-state index in [1.54, 1.807) is 4.90 Å². The molecule has 1 amide bonds. The lowest BCUT2D eigenvalue weighted by Crippen LogP contribution is -2.46. The number of carbonyl (C=O) groups excluding carboxylic acids is 1. The van der Waals surface area contributed by atoms with E-state index in [0.717, 1.165) is 25.8 Å². The quantitative estimate of drug-likeness (QED) is 0.602. The van der Waals surface area contributed by atoms with Gasteiger partial charge in [0, 0.05) is 6.54 Å². The van der Waals surface area contributed by atoms with Crippen LogP contribution in [0.1, 0.15) is 19.3 Å². The van der Waals surface area contributed by atoms with E-state index in [1.807, 2.05) is 0 Å². The maximum atomic E-state index is 10.8. The minimum absolute atomic E-state index is 0.207. The highest BCUT2D eigenvalue weighted by atomic mass is 32.1. The van der Waals surface area contributed by atoms with Gasteiger partial charge in [0.2, 0.25) is 5.91 Å². The van der Waals surface area contributed by atoms with Crippen molar-refractivity contribution in [2.24, 2.45) is 5.73 Å². The number of thiocarbonyl (C=S) groups is 1. The molecule has 0 bridgehead atoms. The normalized spacial score (nSPS) is 24.7. The van der Waals surface area contributed by atoms with Crippen LogP contribution in [0.4, 0.5) is 0 Å². The molecular formula is C7H11N2OS. The molecule has 1 rings (SSSR count). The highest BCUT2D eigenvalue weighted by molar-refractivity contribution is 7.78. The van der Waals surface area contributed by atoms with Crippen molar-refractivity contribution in [2.75, 3.05) is 6.54 Å². The molecule has 0 aromatic carbocycles. The third-order valence-corrected chi connectivity index (χ3v) is 2.18. The van der Waals surface area contributed by atoms with Crippen LogP contribution in [0.15, 0.2) is 0 Å². The van der Waals surface area contributed by atoms with E-state index in [2.05, 4.69) is 17.7 Å².